The number of fused-ring (bicyclic) bond motifs is 1. The molecule has 0 spiro atoms. The topological polar surface area (TPSA) is 209 Å². The van der Waals surface area contributed by atoms with Gasteiger partial charge < -0.3 is 34.5 Å². The largest absolute Gasteiger partial charge is 0.478 e. The third-order valence-corrected chi connectivity index (χ3v) is 7.16. The number of aromatic nitrogens is 4. The van der Waals surface area contributed by atoms with Gasteiger partial charge >= 0.3 is 17.9 Å². The molecule has 0 saturated carbocycles. The molecule has 1 unspecified atom stereocenters. The van der Waals surface area contributed by atoms with Crippen LogP contribution in [0, 0.1) is 0 Å². The maximum absolute atomic E-state index is 13.2. The fourth-order valence-electron chi connectivity index (χ4n) is 3.07. The fraction of sp³-hybridized carbons (Fsp3) is 0.474. The second-order valence-electron chi connectivity index (χ2n) is 7.10. The van der Waals surface area contributed by atoms with Gasteiger partial charge in [0.15, 0.2) is 11.5 Å². The molecule has 1 saturated heterocycles. The van der Waals surface area contributed by atoms with E-state index in [4.69, 9.17) is 29.9 Å². The molecule has 0 amide bonds. The number of nitrogen functional groups attached to an aromatic ring is 1. The Morgan fingerprint density at radius 1 is 1.26 bits per heavy atom. The Bertz CT molecular complexity index is 1110. The number of hydrogen-bond donors (Lipinski definition) is 3. The van der Waals surface area contributed by atoms with Gasteiger partial charge in [-0.15, -0.1) is 0 Å². The molecule has 4 N–H and O–H groups in total. The van der Waals surface area contributed by atoms with Crippen molar-refractivity contribution in [1.29, 1.82) is 0 Å². The summed E-state index contributed by atoms with van der Waals surface area (Å²) in [6.07, 6.45) is 4.66. The minimum absolute atomic E-state index is 0.113. The molecule has 1 fully saturated rings. The van der Waals surface area contributed by atoms with Crippen LogP contribution < -0.4 is 5.73 Å². The average molecular weight is 514 g/mol. The number of anilines is 1. The van der Waals surface area contributed by atoms with Crippen LogP contribution in [0.1, 0.15) is 13.3 Å². The maximum Gasteiger partial charge on any atom is 0.328 e. The van der Waals surface area contributed by atoms with Crippen molar-refractivity contribution in [3.63, 3.8) is 0 Å². The van der Waals surface area contributed by atoms with E-state index in [1.54, 1.807) is 22.5 Å². The van der Waals surface area contributed by atoms with Gasteiger partial charge in [-0.25, -0.2) is 29.2 Å². The Hall–Kier alpha value is -3.39. The summed E-state index contributed by atoms with van der Waals surface area (Å²) in [5.74, 6) is -2.66. The Labute approximate surface area is 200 Å². The number of aliphatic carboxylic acids is 2. The van der Waals surface area contributed by atoms with E-state index in [1.165, 1.54) is 13.4 Å². The number of nitrogens with zero attached hydrogens (tertiary/aromatic N) is 5. The Kier molecular flexibility index (Phi) is 10.3. The molecule has 1 aliphatic heterocycles. The van der Waals surface area contributed by atoms with Crippen molar-refractivity contribution in [2.45, 2.75) is 25.9 Å². The molecule has 1 aliphatic rings. The third-order valence-electron chi connectivity index (χ3n) is 4.73. The highest BCUT2D eigenvalue weighted by atomic mass is 31.2. The van der Waals surface area contributed by atoms with E-state index in [9.17, 15) is 18.9 Å². The SMILES string of the molecule is COC(=O)[C@H](C)N1CCCOP1(=O)COCCn1cnc2c(N)ncnc21.O=C(O)/C=C/C(=O)O. The van der Waals surface area contributed by atoms with Crippen LogP contribution in [0.5, 0.6) is 0 Å². The number of esters is 1. The van der Waals surface area contributed by atoms with E-state index in [-0.39, 0.29) is 13.0 Å². The number of carboxylic acid groups (broad SMARTS) is 2. The number of rotatable bonds is 9. The molecular weight excluding hydrogens is 487 g/mol. The van der Waals surface area contributed by atoms with Crippen molar-refractivity contribution in [3.05, 3.63) is 24.8 Å². The molecule has 0 radical (unpaired) electrons. The molecule has 2 atom stereocenters. The van der Waals surface area contributed by atoms with Crippen LogP contribution in [0.4, 0.5) is 5.82 Å². The van der Waals surface area contributed by atoms with Crippen molar-refractivity contribution >= 4 is 42.4 Å². The highest BCUT2D eigenvalue weighted by Crippen LogP contribution is 2.54. The normalized spacial score (nSPS) is 19.1. The molecule has 2 aromatic rings. The first-order chi connectivity index (χ1) is 16.6. The summed E-state index contributed by atoms with van der Waals surface area (Å²) in [6.45, 7) is 3.21. The number of carbonyl (C=O) groups excluding carboxylic acids is 1. The zero-order chi connectivity index (χ0) is 26.0. The number of ether oxygens (including phenoxy) is 2. The van der Waals surface area contributed by atoms with Crippen molar-refractivity contribution in [1.82, 2.24) is 24.2 Å². The molecule has 2 aromatic heterocycles. The quantitative estimate of drug-likeness (QED) is 0.181. The van der Waals surface area contributed by atoms with Crippen LogP contribution in [-0.4, -0.2) is 91.6 Å². The standard InChI is InChI=1S/C15H23N6O5P.C4H4O4/c1-11(15(22)24-2)21-4-3-6-26-27(21,23)10-25-7-5-20-9-19-12-13(16)17-8-18-14(12)20;5-3(6)1-2-4(7)8/h8-9,11H,3-7,10H2,1-2H3,(H2,16,17,18);1-2H,(H,5,6)(H,7,8)/b;2-1+/t11-,27?;/m0./s1. The lowest BCUT2D eigenvalue weighted by atomic mass is 10.3. The molecular formula is C19H27N6O9P. The number of nitrogens with two attached hydrogens (primary N) is 1. The van der Waals surface area contributed by atoms with Gasteiger partial charge in [0.05, 0.1) is 26.7 Å². The second-order valence-corrected chi connectivity index (χ2v) is 9.41. The minimum Gasteiger partial charge on any atom is -0.478 e. The first-order valence-electron chi connectivity index (χ1n) is 10.3. The molecule has 3 heterocycles. The van der Waals surface area contributed by atoms with Crippen LogP contribution in [0.2, 0.25) is 0 Å². The van der Waals surface area contributed by atoms with Gasteiger partial charge in [-0.3, -0.25) is 9.36 Å². The van der Waals surface area contributed by atoms with Crippen molar-refractivity contribution in [2.75, 3.05) is 38.9 Å². The number of carboxylic acids is 2. The van der Waals surface area contributed by atoms with Crippen LogP contribution in [-0.2, 0) is 39.5 Å². The van der Waals surface area contributed by atoms with Gasteiger partial charge in [0, 0.05) is 25.2 Å². The highest BCUT2D eigenvalue weighted by molar-refractivity contribution is 7.56. The smallest absolute Gasteiger partial charge is 0.328 e. The highest BCUT2D eigenvalue weighted by Gasteiger charge is 2.41. The number of methoxy groups -OCH3 is 1. The summed E-state index contributed by atoms with van der Waals surface area (Å²) in [6, 6.07) is -0.665. The van der Waals surface area contributed by atoms with Crippen molar-refractivity contribution in [3.8, 4) is 0 Å². The average Bonchev–Trinajstić information content (AvgIpc) is 3.24. The molecule has 192 valence electrons. The number of imidazole rings is 1. The van der Waals surface area contributed by atoms with Gasteiger partial charge in [-0.05, 0) is 13.3 Å². The molecule has 0 aromatic carbocycles. The zero-order valence-electron chi connectivity index (χ0n) is 19.1. The molecule has 0 bridgehead atoms. The Morgan fingerprint density at radius 3 is 2.57 bits per heavy atom. The lowest BCUT2D eigenvalue weighted by molar-refractivity contribution is -0.145. The van der Waals surface area contributed by atoms with Crippen LogP contribution in [0.25, 0.3) is 11.2 Å². The van der Waals surface area contributed by atoms with Gasteiger partial charge in [-0.1, -0.05) is 0 Å². The van der Waals surface area contributed by atoms with Gasteiger partial charge in [0.2, 0.25) is 0 Å². The predicted octanol–water partition coefficient (Wildman–Crippen LogP) is 0.571. The lowest BCUT2D eigenvalue weighted by Gasteiger charge is -2.37. The second kappa shape index (κ2) is 12.9. The number of hydrogen-bond acceptors (Lipinski definition) is 11. The number of carbonyl (C=O) groups is 3. The van der Waals surface area contributed by atoms with Crippen LogP contribution in [0.15, 0.2) is 24.8 Å². The first-order valence-corrected chi connectivity index (χ1v) is 12.1. The molecule has 3 rings (SSSR count). The predicted molar refractivity (Wildman–Crippen MR) is 121 cm³/mol. The first kappa shape index (κ1) is 27.9. The zero-order valence-corrected chi connectivity index (χ0v) is 20.0. The van der Waals surface area contributed by atoms with E-state index < -0.39 is 31.5 Å². The van der Waals surface area contributed by atoms with Crippen LogP contribution in [0.3, 0.4) is 0 Å². The molecule has 0 aliphatic carbocycles. The van der Waals surface area contributed by atoms with Gasteiger partial charge in [0.25, 0.3) is 7.52 Å². The van der Waals surface area contributed by atoms with E-state index in [0.29, 0.717) is 55.3 Å². The summed E-state index contributed by atoms with van der Waals surface area (Å²) in [5.41, 5.74) is 6.89. The molecule has 35 heavy (non-hydrogen) atoms. The monoisotopic (exact) mass is 514 g/mol. The fourth-order valence-corrected chi connectivity index (χ4v) is 5.28. The Morgan fingerprint density at radius 2 is 1.94 bits per heavy atom. The molecule has 15 nitrogen and oxygen atoms in total. The summed E-state index contributed by atoms with van der Waals surface area (Å²) >= 11 is 0. The van der Waals surface area contributed by atoms with Crippen LogP contribution >= 0.6 is 7.52 Å². The van der Waals surface area contributed by atoms with Gasteiger partial charge in [-0.2, -0.15) is 0 Å². The van der Waals surface area contributed by atoms with Crippen molar-refractivity contribution in [2.24, 2.45) is 0 Å². The summed E-state index contributed by atoms with van der Waals surface area (Å²) in [5, 5.41) is 15.6. The summed E-state index contributed by atoms with van der Waals surface area (Å²) in [4.78, 5) is 43.2. The summed E-state index contributed by atoms with van der Waals surface area (Å²) < 4.78 is 32.4. The maximum atomic E-state index is 13.2. The minimum atomic E-state index is -3.27. The van der Waals surface area contributed by atoms with E-state index >= 15 is 0 Å². The van der Waals surface area contributed by atoms with Crippen molar-refractivity contribution < 1.29 is 43.2 Å². The van der Waals surface area contributed by atoms with E-state index in [1.807, 2.05) is 0 Å². The lowest BCUT2D eigenvalue weighted by Crippen LogP contribution is -2.42. The Balaban J connectivity index is 0.000000466. The van der Waals surface area contributed by atoms with E-state index in [0.717, 1.165) is 0 Å². The van der Waals surface area contributed by atoms with E-state index in [2.05, 4.69) is 15.0 Å². The summed E-state index contributed by atoms with van der Waals surface area (Å²) in [7, 11) is -1.97. The van der Waals surface area contributed by atoms with Gasteiger partial charge in [0.1, 0.15) is 24.2 Å². The third kappa shape index (κ3) is 7.82. The molecule has 16 heteroatoms.